The average Bonchev–Trinajstić information content (AvgIpc) is 2.49. The maximum absolute atomic E-state index is 13.7. The van der Waals surface area contributed by atoms with Gasteiger partial charge in [0.2, 0.25) is 0 Å². The Morgan fingerprint density at radius 2 is 1.86 bits per heavy atom. The Labute approximate surface area is 119 Å². The van der Waals surface area contributed by atoms with Gasteiger partial charge >= 0.3 is 0 Å². The number of hydrogen-bond donors (Lipinski definition) is 1. The van der Waals surface area contributed by atoms with Gasteiger partial charge in [0.1, 0.15) is 11.5 Å². The molecule has 108 valence electrons. The van der Waals surface area contributed by atoms with Gasteiger partial charge in [-0.1, -0.05) is 0 Å². The highest BCUT2D eigenvalue weighted by Crippen LogP contribution is 2.29. The highest BCUT2D eigenvalue weighted by Gasteiger charge is 2.14. The van der Waals surface area contributed by atoms with Gasteiger partial charge in [-0.25, -0.2) is 8.78 Å². The number of hydrogen-bond acceptors (Lipinski definition) is 5. The van der Waals surface area contributed by atoms with Crippen LogP contribution in [0, 0.1) is 23.0 Å². The van der Waals surface area contributed by atoms with Crippen molar-refractivity contribution in [3.63, 3.8) is 0 Å². The van der Waals surface area contributed by atoms with Crippen molar-refractivity contribution < 1.29 is 18.3 Å². The molecular formula is C14H11F2N3O2. The second-order valence-electron chi connectivity index (χ2n) is 3.97. The Balaban J connectivity index is 2.40. The lowest BCUT2D eigenvalue weighted by Gasteiger charge is -2.10. The smallest absolute Gasteiger partial charge is 0.258 e. The molecule has 1 heterocycles. The van der Waals surface area contributed by atoms with E-state index in [1.165, 1.54) is 32.4 Å². The molecule has 0 aliphatic rings. The number of methoxy groups -OCH3 is 1. The van der Waals surface area contributed by atoms with Crippen LogP contribution in [0.2, 0.25) is 0 Å². The first-order valence-electron chi connectivity index (χ1n) is 5.88. The van der Waals surface area contributed by atoms with Gasteiger partial charge in [-0.15, -0.1) is 0 Å². The summed E-state index contributed by atoms with van der Waals surface area (Å²) in [7, 11) is 2.88. The van der Waals surface area contributed by atoms with Crippen molar-refractivity contribution >= 4 is 5.82 Å². The molecule has 2 rings (SSSR count). The first-order chi connectivity index (χ1) is 10.1. The van der Waals surface area contributed by atoms with Gasteiger partial charge in [-0.3, -0.25) is 0 Å². The number of nitrogens with zero attached hydrogens (tertiary/aromatic N) is 2. The van der Waals surface area contributed by atoms with Gasteiger partial charge in [0.15, 0.2) is 17.5 Å². The molecule has 7 heteroatoms. The molecular weight excluding hydrogens is 280 g/mol. The zero-order valence-corrected chi connectivity index (χ0v) is 11.3. The fourth-order valence-electron chi connectivity index (χ4n) is 1.62. The van der Waals surface area contributed by atoms with Crippen LogP contribution in [-0.4, -0.2) is 19.1 Å². The fraction of sp³-hybridized carbons (Fsp3) is 0.143. The maximum atomic E-state index is 13.7. The molecule has 21 heavy (non-hydrogen) atoms. The first-order valence-corrected chi connectivity index (χ1v) is 5.88. The molecule has 1 aromatic carbocycles. The third-order valence-corrected chi connectivity index (χ3v) is 2.59. The van der Waals surface area contributed by atoms with E-state index in [9.17, 15) is 8.78 Å². The van der Waals surface area contributed by atoms with Crippen LogP contribution in [0.1, 0.15) is 5.56 Å². The van der Waals surface area contributed by atoms with E-state index in [1.54, 1.807) is 0 Å². The molecule has 0 atom stereocenters. The van der Waals surface area contributed by atoms with Crippen molar-refractivity contribution in [1.29, 1.82) is 5.26 Å². The minimum atomic E-state index is -0.951. The highest BCUT2D eigenvalue weighted by molar-refractivity contribution is 5.46. The summed E-state index contributed by atoms with van der Waals surface area (Å²) >= 11 is 0. The fourth-order valence-corrected chi connectivity index (χ4v) is 1.62. The number of benzene rings is 1. The number of halogens is 2. The van der Waals surface area contributed by atoms with Crippen molar-refractivity contribution in [2.75, 3.05) is 19.5 Å². The molecule has 5 nitrogen and oxygen atoms in total. The van der Waals surface area contributed by atoms with E-state index in [1.807, 2.05) is 6.07 Å². The summed E-state index contributed by atoms with van der Waals surface area (Å²) in [5, 5.41) is 11.4. The second kappa shape index (κ2) is 6.05. The quantitative estimate of drug-likeness (QED) is 0.937. The van der Waals surface area contributed by atoms with Crippen LogP contribution in [0.25, 0.3) is 0 Å². The van der Waals surface area contributed by atoms with E-state index in [4.69, 9.17) is 14.7 Å². The van der Waals surface area contributed by atoms with Gasteiger partial charge < -0.3 is 14.8 Å². The summed E-state index contributed by atoms with van der Waals surface area (Å²) in [5.41, 5.74) is 0.278. The summed E-state index contributed by atoms with van der Waals surface area (Å²) in [5.74, 6) is -1.79. The number of nitrogens with one attached hydrogen (secondary N) is 1. The Kier molecular flexibility index (Phi) is 4.18. The van der Waals surface area contributed by atoms with Crippen LogP contribution in [0.4, 0.5) is 14.6 Å². The standard InChI is InChI=1S/C14H11F2N3O2/c1-18-13-11(15)6-12(16)14(19-13)21-10-4-8(7-17)3-9(5-10)20-2/h3-6H,1-2H3,(H,18,19). The number of pyridine rings is 1. The predicted octanol–water partition coefficient (Wildman–Crippen LogP) is 3.07. The Morgan fingerprint density at radius 3 is 2.48 bits per heavy atom. The summed E-state index contributed by atoms with van der Waals surface area (Å²) in [6.07, 6.45) is 0. The SMILES string of the molecule is CNc1nc(Oc2cc(C#N)cc(OC)c2)c(F)cc1F. The van der Waals surface area contributed by atoms with Crippen molar-refractivity contribution in [3.8, 4) is 23.4 Å². The minimum Gasteiger partial charge on any atom is -0.497 e. The van der Waals surface area contributed by atoms with Crippen molar-refractivity contribution in [3.05, 3.63) is 41.5 Å². The number of nitriles is 1. The zero-order chi connectivity index (χ0) is 15.4. The van der Waals surface area contributed by atoms with Crippen LogP contribution in [0.3, 0.4) is 0 Å². The summed E-state index contributed by atoms with van der Waals surface area (Å²) in [6.45, 7) is 0. The number of ether oxygens (including phenoxy) is 2. The van der Waals surface area contributed by atoms with Gasteiger partial charge in [0.25, 0.3) is 5.88 Å². The number of anilines is 1. The number of rotatable bonds is 4. The number of aromatic nitrogens is 1. The van der Waals surface area contributed by atoms with E-state index in [2.05, 4.69) is 10.3 Å². The molecule has 0 spiro atoms. The van der Waals surface area contributed by atoms with E-state index < -0.39 is 17.5 Å². The van der Waals surface area contributed by atoms with Crippen LogP contribution in [-0.2, 0) is 0 Å². The lowest BCUT2D eigenvalue weighted by Crippen LogP contribution is -2.01. The summed E-state index contributed by atoms with van der Waals surface area (Å²) in [4.78, 5) is 3.69. The van der Waals surface area contributed by atoms with E-state index in [0.29, 0.717) is 11.8 Å². The van der Waals surface area contributed by atoms with Crippen LogP contribution in [0.5, 0.6) is 17.4 Å². The monoisotopic (exact) mass is 291 g/mol. The molecule has 0 saturated carbocycles. The molecule has 0 aliphatic carbocycles. The second-order valence-corrected chi connectivity index (χ2v) is 3.97. The lowest BCUT2D eigenvalue weighted by molar-refractivity contribution is 0.398. The third kappa shape index (κ3) is 3.17. The molecule has 1 N–H and O–H groups in total. The molecule has 0 saturated heterocycles. The summed E-state index contributed by atoms with van der Waals surface area (Å²) in [6, 6.07) is 6.95. The third-order valence-electron chi connectivity index (χ3n) is 2.59. The highest BCUT2D eigenvalue weighted by atomic mass is 19.1. The lowest BCUT2D eigenvalue weighted by atomic mass is 10.2. The van der Waals surface area contributed by atoms with E-state index >= 15 is 0 Å². The Hall–Kier alpha value is -2.88. The van der Waals surface area contributed by atoms with Crippen molar-refractivity contribution in [1.82, 2.24) is 4.98 Å². The van der Waals surface area contributed by atoms with Crippen molar-refractivity contribution in [2.45, 2.75) is 0 Å². The molecule has 0 aliphatic heterocycles. The van der Waals surface area contributed by atoms with Crippen LogP contribution < -0.4 is 14.8 Å². The predicted molar refractivity (Wildman–Crippen MR) is 71.5 cm³/mol. The maximum Gasteiger partial charge on any atom is 0.258 e. The Bertz CT molecular complexity index is 714. The Morgan fingerprint density at radius 1 is 1.14 bits per heavy atom. The van der Waals surface area contributed by atoms with E-state index in [0.717, 1.165) is 0 Å². The molecule has 0 radical (unpaired) electrons. The molecule has 1 aromatic heterocycles. The first kappa shape index (κ1) is 14.5. The molecule has 2 aromatic rings. The zero-order valence-electron chi connectivity index (χ0n) is 11.3. The summed E-state index contributed by atoms with van der Waals surface area (Å²) < 4.78 is 37.3. The van der Waals surface area contributed by atoms with Gasteiger partial charge in [0, 0.05) is 19.2 Å². The van der Waals surface area contributed by atoms with Crippen molar-refractivity contribution in [2.24, 2.45) is 0 Å². The van der Waals surface area contributed by atoms with E-state index in [-0.39, 0.29) is 17.1 Å². The molecule has 0 unspecified atom stereocenters. The molecule has 0 amide bonds. The van der Waals surface area contributed by atoms with Crippen LogP contribution in [0.15, 0.2) is 24.3 Å². The topological polar surface area (TPSA) is 67.2 Å². The average molecular weight is 291 g/mol. The minimum absolute atomic E-state index is 0.144. The molecule has 0 fully saturated rings. The molecule has 0 bridgehead atoms. The van der Waals surface area contributed by atoms with Crippen LogP contribution >= 0.6 is 0 Å². The normalized spacial score (nSPS) is 9.86. The van der Waals surface area contributed by atoms with Gasteiger partial charge in [0.05, 0.1) is 18.7 Å². The van der Waals surface area contributed by atoms with Gasteiger partial charge in [-0.05, 0) is 12.1 Å². The largest absolute Gasteiger partial charge is 0.497 e. The van der Waals surface area contributed by atoms with Gasteiger partial charge in [-0.2, -0.15) is 10.2 Å².